The van der Waals surface area contributed by atoms with Crippen molar-refractivity contribution in [2.45, 2.75) is 34.6 Å². The first-order valence-electron chi connectivity index (χ1n) is 3.89. The first-order chi connectivity index (χ1) is 4.59. The number of rotatable bonds is 2. The molecule has 0 N–H and O–H groups in total. The molecule has 0 bridgehead atoms. The van der Waals surface area contributed by atoms with Crippen LogP contribution in [-0.4, -0.2) is 0 Å². The molecule has 0 aliphatic heterocycles. The van der Waals surface area contributed by atoms with Gasteiger partial charge in [0.25, 0.3) is 0 Å². The zero-order valence-electron chi connectivity index (χ0n) is 7.73. The minimum absolute atomic E-state index is 0.677. The Morgan fingerprint density at radius 2 is 1.70 bits per heavy atom. The van der Waals surface area contributed by atoms with Crippen LogP contribution in [-0.2, 0) is 0 Å². The largest absolute Gasteiger partial charge is 0.0874 e. The van der Waals surface area contributed by atoms with Crippen LogP contribution in [0.4, 0.5) is 0 Å². The van der Waals surface area contributed by atoms with Crippen molar-refractivity contribution in [3.8, 4) is 0 Å². The maximum absolute atomic E-state index is 2.22. The monoisotopic (exact) mass is 138 g/mol. The first kappa shape index (κ1) is 9.48. The Kier molecular flexibility index (Phi) is 4.10. The van der Waals surface area contributed by atoms with Crippen molar-refractivity contribution >= 4 is 0 Å². The molecular formula is C10H18. The lowest BCUT2D eigenvalue weighted by Gasteiger charge is -2.06. The second-order valence-electron chi connectivity index (χ2n) is 3.02. The normalized spacial score (nSPS) is 14.6. The second-order valence-corrected chi connectivity index (χ2v) is 3.02. The fourth-order valence-electron chi connectivity index (χ4n) is 0.837. The Morgan fingerprint density at radius 3 is 2.00 bits per heavy atom. The zero-order chi connectivity index (χ0) is 8.15. The molecule has 10 heavy (non-hydrogen) atoms. The molecule has 0 saturated carbocycles. The molecule has 0 aliphatic rings. The Bertz CT molecular complexity index is 147. The van der Waals surface area contributed by atoms with Crippen LogP contribution in [0.25, 0.3) is 0 Å². The van der Waals surface area contributed by atoms with Gasteiger partial charge in [-0.15, -0.1) is 0 Å². The van der Waals surface area contributed by atoms with Crippen LogP contribution in [0.15, 0.2) is 23.3 Å². The summed E-state index contributed by atoms with van der Waals surface area (Å²) < 4.78 is 0. The van der Waals surface area contributed by atoms with Crippen molar-refractivity contribution < 1.29 is 0 Å². The molecule has 0 saturated heterocycles. The van der Waals surface area contributed by atoms with E-state index in [9.17, 15) is 0 Å². The fourth-order valence-corrected chi connectivity index (χ4v) is 0.837. The third-order valence-corrected chi connectivity index (χ3v) is 1.90. The predicted molar refractivity (Wildman–Crippen MR) is 48.0 cm³/mol. The molecule has 0 atom stereocenters. The molecule has 0 radical (unpaired) electrons. The summed E-state index contributed by atoms with van der Waals surface area (Å²) in [5, 5.41) is 0. The average Bonchev–Trinajstić information content (AvgIpc) is 1.87. The van der Waals surface area contributed by atoms with E-state index in [0.29, 0.717) is 5.92 Å². The summed E-state index contributed by atoms with van der Waals surface area (Å²) in [6.07, 6.45) is 4.25. The van der Waals surface area contributed by atoms with Crippen LogP contribution in [0, 0.1) is 5.92 Å². The lowest BCUT2D eigenvalue weighted by atomic mass is 10.00. The van der Waals surface area contributed by atoms with Crippen LogP contribution in [0.1, 0.15) is 34.6 Å². The Hall–Kier alpha value is -0.520. The van der Waals surface area contributed by atoms with Gasteiger partial charge < -0.3 is 0 Å². The third-order valence-electron chi connectivity index (χ3n) is 1.90. The molecule has 58 valence electrons. The van der Waals surface area contributed by atoms with Crippen molar-refractivity contribution in [3.05, 3.63) is 23.3 Å². The highest BCUT2D eigenvalue weighted by atomic mass is 14.0. The summed E-state index contributed by atoms with van der Waals surface area (Å²) in [6, 6.07) is 0. The van der Waals surface area contributed by atoms with E-state index in [4.69, 9.17) is 0 Å². The van der Waals surface area contributed by atoms with Crippen molar-refractivity contribution in [2.75, 3.05) is 0 Å². The van der Waals surface area contributed by atoms with Gasteiger partial charge in [-0.25, -0.2) is 0 Å². The summed E-state index contributed by atoms with van der Waals surface area (Å²) in [5.41, 5.74) is 2.88. The van der Waals surface area contributed by atoms with Crippen LogP contribution in [0.5, 0.6) is 0 Å². The van der Waals surface area contributed by atoms with Crippen molar-refractivity contribution in [3.63, 3.8) is 0 Å². The van der Waals surface area contributed by atoms with Gasteiger partial charge in [0, 0.05) is 0 Å². The highest BCUT2D eigenvalue weighted by Crippen LogP contribution is 2.14. The van der Waals surface area contributed by atoms with Crippen LogP contribution in [0.2, 0.25) is 0 Å². The van der Waals surface area contributed by atoms with Crippen molar-refractivity contribution in [1.82, 2.24) is 0 Å². The van der Waals surface area contributed by atoms with E-state index >= 15 is 0 Å². The molecule has 0 spiro atoms. The van der Waals surface area contributed by atoms with Gasteiger partial charge in [0.2, 0.25) is 0 Å². The summed E-state index contributed by atoms with van der Waals surface area (Å²) in [4.78, 5) is 0. The minimum Gasteiger partial charge on any atom is -0.0874 e. The van der Waals surface area contributed by atoms with Crippen LogP contribution < -0.4 is 0 Å². The van der Waals surface area contributed by atoms with Crippen molar-refractivity contribution in [1.29, 1.82) is 0 Å². The molecule has 0 aromatic heterocycles. The maximum Gasteiger partial charge on any atom is -0.0257 e. The molecule has 0 rings (SSSR count). The van der Waals surface area contributed by atoms with E-state index in [1.807, 2.05) is 0 Å². The Balaban J connectivity index is 4.34. The number of allylic oxidation sites excluding steroid dienone is 4. The summed E-state index contributed by atoms with van der Waals surface area (Å²) in [7, 11) is 0. The highest BCUT2D eigenvalue weighted by Gasteiger charge is 1.97. The molecule has 0 aromatic carbocycles. The van der Waals surface area contributed by atoms with E-state index in [0.717, 1.165) is 0 Å². The van der Waals surface area contributed by atoms with Gasteiger partial charge in [0.1, 0.15) is 0 Å². The predicted octanol–water partition coefficient (Wildman–Crippen LogP) is 3.55. The number of hydrogen-bond acceptors (Lipinski definition) is 0. The molecule has 0 aromatic rings. The molecule has 0 nitrogen and oxygen atoms in total. The van der Waals surface area contributed by atoms with E-state index in [2.05, 4.69) is 46.8 Å². The van der Waals surface area contributed by atoms with Crippen LogP contribution in [0.3, 0.4) is 0 Å². The molecule has 0 heterocycles. The quantitative estimate of drug-likeness (QED) is 0.512. The molecule has 0 unspecified atom stereocenters. The van der Waals surface area contributed by atoms with E-state index in [1.165, 1.54) is 11.1 Å². The topological polar surface area (TPSA) is 0 Å². The molecule has 0 fully saturated rings. The maximum atomic E-state index is 2.22. The van der Waals surface area contributed by atoms with Gasteiger partial charge in [-0.05, 0) is 26.7 Å². The zero-order valence-corrected chi connectivity index (χ0v) is 7.73. The lowest BCUT2D eigenvalue weighted by Crippen LogP contribution is -1.91. The third kappa shape index (κ3) is 2.86. The fraction of sp³-hybridized carbons (Fsp3) is 0.600. The highest BCUT2D eigenvalue weighted by molar-refractivity contribution is 5.22. The van der Waals surface area contributed by atoms with Gasteiger partial charge in [-0.2, -0.15) is 0 Å². The van der Waals surface area contributed by atoms with Gasteiger partial charge in [-0.1, -0.05) is 37.1 Å². The molecule has 0 amide bonds. The SMILES string of the molecule is C/C=C\C(C)=C(\C)C(C)C. The van der Waals surface area contributed by atoms with Crippen LogP contribution >= 0.6 is 0 Å². The van der Waals surface area contributed by atoms with Gasteiger partial charge in [0.15, 0.2) is 0 Å². The van der Waals surface area contributed by atoms with E-state index < -0.39 is 0 Å². The summed E-state index contributed by atoms with van der Waals surface area (Å²) in [6.45, 7) is 10.9. The molecule has 0 aliphatic carbocycles. The van der Waals surface area contributed by atoms with E-state index in [1.54, 1.807) is 0 Å². The second kappa shape index (κ2) is 4.32. The smallest absolute Gasteiger partial charge is 0.0257 e. The van der Waals surface area contributed by atoms with Crippen molar-refractivity contribution in [2.24, 2.45) is 5.92 Å². The van der Waals surface area contributed by atoms with Gasteiger partial charge in [-0.3, -0.25) is 0 Å². The standard InChI is InChI=1S/C10H18/c1-6-7-9(4)10(5)8(2)3/h6-8H,1-5H3/b7-6-,10-9-. The average molecular weight is 138 g/mol. The molecular weight excluding hydrogens is 120 g/mol. The summed E-state index contributed by atoms with van der Waals surface area (Å²) >= 11 is 0. The van der Waals surface area contributed by atoms with Gasteiger partial charge in [0.05, 0.1) is 0 Å². The lowest BCUT2D eigenvalue weighted by molar-refractivity contribution is 0.760. The summed E-state index contributed by atoms with van der Waals surface area (Å²) in [5.74, 6) is 0.677. The number of hydrogen-bond donors (Lipinski definition) is 0. The minimum atomic E-state index is 0.677. The Labute approximate surface area is 64.6 Å². The molecule has 0 heteroatoms. The van der Waals surface area contributed by atoms with Gasteiger partial charge >= 0.3 is 0 Å². The first-order valence-corrected chi connectivity index (χ1v) is 3.89. The van der Waals surface area contributed by atoms with E-state index in [-0.39, 0.29) is 0 Å². The Morgan fingerprint density at radius 1 is 1.20 bits per heavy atom.